The molecule has 3 aromatic heterocycles. The normalized spacial score (nSPS) is 20.2. The largest absolute Gasteiger partial charge is 0.477 e. The van der Waals surface area contributed by atoms with Crippen LogP contribution in [0.25, 0.3) is 11.3 Å². The van der Waals surface area contributed by atoms with Gasteiger partial charge in [0.25, 0.3) is 11.8 Å². The summed E-state index contributed by atoms with van der Waals surface area (Å²) in [4.78, 5) is 71.3. The van der Waals surface area contributed by atoms with Gasteiger partial charge in [-0.25, -0.2) is 18.9 Å². The molecular formula is C22H22N8O9PS4+. The Morgan fingerprint density at radius 1 is 1.32 bits per heavy atom. The number of thioether (sulfide) groups is 1. The zero-order chi connectivity index (χ0) is 31.8. The average molecular weight is 702 g/mol. The van der Waals surface area contributed by atoms with Crippen LogP contribution >= 0.6 is 42.4 Å². The Kier molecular flexibility index (Phi) is 9.25. The van der Waals surface area contributed by atoms with Gasteiger partial charge in [-0.05, 0) is 6.92 Å². The van der Waals surface area contributed by atoms with Crippen molar-refractivity contribution in [2.45, 2.75) is 22.7 Å². The molecule has 1 fully saturated rings. The zero-order valence-electron chi connectivity index (χ0n) is 22.5. The van der Waals surface area contributed by atoms with Crippen LogP contribution in [-0.2, 0) is 41.6 Å². The summed E-state index contributed by atoms with van der Waals surface area (Å²) in [6.45, 7) is 1.62. The van der Waals surface area contributed by atoms with E-state index in [1.165, 1.54) is 11.3 Å². The summed E-state index contributed by atoms with van der Waals surface area (Å²) in [6.07, 6.45) is 3.73. The molecular weight excluding hydrogens is 680 g/mol. The lowest BCUT2D eigenvalue weighted by molar-refractivity contribution is -0.671. The molecule has 1 saturated heterocycles. The summed E-state index contributed by atoms with van der Waals surface area (Å²) in [5.41, 5.74) is 0.663. The molecule has 44 heavy (non-hydrogen) atoms. The van der Waals surface area contributed by atoms with E-state index in [4.69, 9.17) is 14.6 Å². The molecule has 0 aliphatic carbocycles. The third-order valence-corrected chi connectivity index (χ3v) is 11.0. The summed E-state index contributed by atoms with van der Waals surface area (Å²) in [5, 5.41) is 18.2. The molecule has 5 heterocycles. The number of hydrogen-bond donors (Lipinski definition) is 5. The van der Waals surface area contributed by atoms with Crippen molar-refractivity contribution in [2.75, 3.05) is 17.4 Å². The van der Waals surface area contributed by atoms with Crippen LogP contribution < -0.4 is 15.0 Å². The molecule has 2 aliphatic heterocycles. The number of thiazole rings is 1. The van der Waals surface area contributed by atoms with Crippen LogP contribution in [0.15, 0.2) is 50.0 Å². The lowest BCUT2D eigenvalue weighted by Gasteiger charge is -2.48. The van der Waals surface area contributed by atoms with Gasteiger partial charge in [-0.15, -0.1) is 11.3 Å². The number of oxime groups is 1. The molecule has 2 aliphatic rings. The van der Waals surface area contributed by atoms with Crippen molar-refractivity contribution in [1.82, 2.24) is 24.6 Å². The Morgan fingerprint density at radius 3 is 2.70 bits per heavy atom. The van der Waals surface area contributed by atoms with Gasteiger partial charge in [-0.2, -0.15) is 9.36 Å². The summed E-state index contributed by atoms with van der Waals surface area (Å²) < 4.78 is 30.8. The van der Waals surface area contributed by atoms with Crippen LogP contribution in [0.1, 0.15) is 12.7 Å². The second kappa shape index (κ2) is 12.8. The fourth-order valence-corrected chi connectivity index (χ4v) is 9.20. The SMILES string of the molecule is CCO/N=C(\C(=O)N[C@@H]1C(=O)N2C(C(=O)O)=C(Sc3nc(-c4cc[n+](C)cc4)cs3)CS(=O)[C@H]12)c1nsc(NP(=O)(O)O)n1. The van der Waals surface area contributed by atoms with Gasteiger partial charge in [0, 0.05) is 39.5 Å². The maximum atomic E-state index is 13.3. The first-order valence-corrected chi connectivity index (χ1v) is 17.8. The molecule has 0 radical (unpaired) electrons. The van der Waals surface area contributed by atoms with Crippen molar-refractivity contribution < 1.29 is 47.5 Å². The maximum absolute atomic E-state index is 13.3. The first-order chi connectivity index (χ1) is 20.9. The minimum atomic E-state index is -4.71. The number of aromatic nitrogens is 4. The van der Waals surface area contributed by atoms with Crippen LogP contribution in [0, 0.1) is 0 Å². The van der Waals surface area contributed by atoms with E-state index >= 15 is 0 Å². The number of fused-ring (bicyclic) bond motifs is 1. The lowest BCUT2D eigenvalue weighted by atomic mass is 10.0. The Balaban J connectivity index is 1.35. The molecule has 17 nitrogen and oxygen atoms in total. The van der Waals surface area contributed by atoms with Crippen LogP contribution in [0.4, 0.5) is 5.13 Å². The highest BCUT2D eigenvalue weighted by Crippen LogP contribution is 2.42. The van der Waals surface area contributed by atoms with Gasteiger partial charge < -0.3 is 25.0 Å². The van der Waals surface area contributed by atoms with Gasteiger partial charge >= 0.3 is 13.7 Å². The van der Waals surface area contributed by atoms with Gasteiger partial charge in [0.2, 0.25) is 16.7 Å². The summed E-state index contributed by atoms with van der Waals surface area (Å²) in [7, 11) is -4.64. The highest BCUT2D eigenvalue weighted by molar-refractivity contribution is 8.05. The minimum absolute atomic E-state index is 0.0369. The molecule has 22 heteroatoms. The van der Waals surface area contributed by atoms with Crippen molar-refractivity contribution in [1.29, 1.82) is 0 Å². The topological polar surface area (TPSA) is 237 Å². The van der Waals surface area contributed by atoms with Crippen LogP contribution in [0.3, 0.4) is 0 Å². The summed E-state index contributed by atoms with van der Waals surface area (Å²) in [5.74, 6) is -3.79. The van der Waals surface area contributed by atoms with Crippen LogP contribution in [0.2, 0.25) is 0 Å². The fraction of sp³-hybridized carbons (Fsp3) is 0.273. The van der Waals surface area contributed by atoms with Crippen molar-refractivity contribution in [3.8, 4) is 11.3 Å². The number of carbonyl (C=O) groups is 3. The van der Waals surface area contributed by atoms with E-state index in [0.29, 0.717) is 21.6 Å². The standard InChI is InChI=1S/C22H21N8O9PS4/c1-3-39-26-13(16-25-21(43-28-16)27-40(35,36)37)17(31)24-14-18(32)30-15(20(33)34)12(9-44(38)19(14)30)42-22-23-11(8-41-22)10-4-6-29(2)7-5-10/h4-8,14,19H,3,9H2,1-2H3,(H4-,24,25,27,28,31,33,34,35,36,37)/p+1/b26-13-/t14-,19-,44?/m1/s1. The number of β-lactam (4-membered cyclic amide) rings is 1. The molecule has 5 N–H and O–H groups in total. The lowest BCUT2D eigenvalue weighted by Crippen LogP contribution is -2.73. The third kappa shape index (κ3) is 6.72. The smallest absolute Gasteiger partial charge is 0.429 e. The Labute approximate surface area is 262 Å². The van der Waals surface area contributed by atoms with Gasteiger partial charge in [-0.1, -0.05) is 16.9 Å². The van der Waals surface area contributed by atoms with Crippen LogP contribution in [0.5, 0.6) is 0 Å². The number of hydrogen-bond acceptors (Lipinski definition) is 13. The van der Waals surface area contributed by atoms with Crippen molar-refractivity contribution >= 4 is 81.8 Å². The van der Waals surface area contributed by atoms with E-state index in [-0.39, 0.29) is 33.9 Å². The fourth-order valence-electron chi connectivity index (χ4n) is 4.05. The molecule has 0 saturated carbocycles. The maximum Gasteiger partial charge on any atom is 0.429 e. The highest BCUT2D eigenvalue weighted by atomic mass is 32.2. The number of anilines is 1. The first kappa shape index (κ1) is 31.8. The van der Waals surface area contributed by atoms with Crippen molar-refractivity contribution in [2.24, 2.45) is 12.2 Å². The summed E-state index contributed by atoms with van der Waals surface area (Å²) >= 11 is 2.82. The number of nitrogens with zero attached hydrogens (tertiary/aromatic N) is 6. The molecule has 1 unspecified atom stereocenters. The number of amides is 2. The number of aliphatic carboxylic acids is 1. The number of carboxylic acids is 1. The summed E-state index contributed by atoms with van der Waals surface area (Å²) in [6, 6.07) is 2.39. The number of carboxylic acid groups (broad SMARTS) is 1. The Bertz CT molecular complexity index is 1770. The number of carbonyl (C=O) groups excluding carboxylic acids is 2. The molecule has 0 aromatic carbocycles. The number of pyridine rings is 1. The van der Waals surface area contributed by atoms with E-state index in [1.807, 2.05) is 46.6 Å². The van der Waals surface area contributed by atoms with Gasteiger partial charge in [0.15, 0.2) is 16.7 Å². The van der Waals surface area contributed by atoms with Crippen molar-refractivity contribution in [3.05, 3.63) is 46.3 Å². The second-order valence-corrected chi connectivity index (χ2v) is 14.7. The molecule has 0 bridgehead atoms. The molecule has 5 rings (SSSR count). The predicted molar refractivity (Wildman–Crippen MR) is 159 cm³/mol. The molecule has 232 valence electrons. The number of aryl methyl sites for hydroxylation is 1. The van der Waals surface area contributed by atoms with Gasteiger partial charge in [-0.3, -0.25) is 23.8 Å². The van der Waals surface area contributed by atoms with Crippen molar-refractivity contribution in [3.63, 3.8) is 0 Å². The minimum Gasteiger partial charge on any atom is -0.477 e. The number of rotatable bonds is 11. The van der Waals surface area contributed by atoms with E-state index in [9.17, 15) is 28.3 Å². The average Bonchev–Trinajstić information content (AvgIpc) is 3.61. The number of nitrogens with one attached hydrogen (secondary N) is 2. The molecule has 0 spiro atoms. The molecule has 2 amide bonds. The molecule has 3 atom stereocenters. The van der Waals surface area contributed by atoms with E-state index in [0.717, 1.165) is 22.2 Å². The Morgan fingerprint density at radius 2 is 2.05 bits per heavy atom. The van der Waals surface area contributed by atoms with Gasteiger partial charge in [0.1, 0.15) is 30.8 Å². The first-order valence-electron chi connectivity index (χ1n) is 12.3. The quantitative estimate of drug-likeness (QED) is 0.0592. The Hall–Kier alpha value is -3.59. The van der Waals surface area contributed by atoms with E-state index in [1.54, 1.807) is 6.92 Å². The second-order valence-electron chi connectivity index (χ2n) is 8.94. The zero-order valence-corrected chi connectivity index (χ0v) is 26.7. The van der Waals surface area contributed by atoms with E-state index in [2.05, 4.69) is 24.8 Å². The molecule has 3 aromatic rings. The van der Waals surface area contributed by atoms with Gasteiger partial charge in [0.05, 0.1) is 22.2 Å². The van der Waals surface area contributed by atoms with E-state index < -0.39 is 53.5 Å². The highest BCUT2D eigenvalue weighted by Gasteiger charge is 2.57. The third-order valence-electron chi connectivity index (χ3n) is 5.93. The predicted octanol–water partition coefficient (Wildman–Crippen LogP) is 0.235. The van der Waals surface area contributed by atoms with Crippen LogP contribution in [-0.4, -0.2) is 85.6 Å². The monoisotopic (exact) mass is 701 g/mol.